The Hall–Kier alpha value is -3.03. The summed E-state index contributed by atoms with van der Waals surface area (Å²) < 4.78 is 1.39. The number of benzene rings is 1. The Morgan fingerprint density at radius 3 is 2.54 bits per heavy atom. The van der Waals surface area contributed by atoms with Gasteiger partial charge >= 0.3 is 6.03 Å². The molecular weight excluding hydrogens is 310 g/mol. The van der Waals surface area contributed by atoms with Crippen LogP contribution in [-0.4, -0.2) is 32.9 Å². The number of amides is 3. The fourth-order valence-corrected chi connectivity index (χ4v) is 2.70. The number of nitrogens with one attached hydrogen (secondary N) is 3. The molecule has 0 atom stereocenters. The lowest BCUT2D eigenvalue weighted by Gasteiger charge is -2.13. The monoisotopic (exact) mass is 329 g/mol. The van der Waals surface area contributed by atoms with Crippen LogP contribution in [0.1, 0.15) is 36.2 Å². The molecule has 24 heavy (non-hydrogen) atoms. The molecule has 3 amide bonds. The third-order valence-electron chi connectivity index (χ3n) is 3.91. The number of rotatable bonds is 3. The molecule has 0 spiro atoms. The Morgan fingerprint density at radius 2 is 1.83 bits per heavy atom. The van der Waals surface area contributed by atoms with Crippen LogP contribution >= 0.6 is 0 Å². The van der Waals surface area contributed by atoms with Crippen LogP contribution in [0.15, 0.2) is 36.5 Å². The van der Waals surface area contributed by atoms with Gasteiger partial charge in [-0.3, -0.25) is 10.2 Å². The largest absolute Gasteiger partial charge is 0.504 e. The van der Waals surface area contributed by atoms with E-state index in [1.54, 1.807) is 12.1 Å². The highest BCUT2D eigenvalue weighted by molar-refractivity contribution is 5.95. The molecule has 1 saturated carbocycles. The second-order valence-electron chi connectivity index (χ2n) is 5.68. The molecule has 1 fully saturated rings. The SMILES string of the molecule is O=C(NNC(=O)c1nn(-c2ccccc2)cc1O)NC1CCCC1. The van der Waals surface area contributed by atoms with Crippen molar-refractivity contribution < 1.29 is 14.7 Å². The van der Waals surface area contributed by atoms with Crippen molar-refractivity contribution in [3.63, 3.8) is 0 Å². The summed E-state index contributed by atoms with van der Waals surface area (Å²) in [4.78, 5) is 23.8. The average molecular weight is 329 g/mol. The minimum absolute atomic E-state index is 0.146. The third kappa shape index (κ3) is 3.65. The van der Waals surface area contributed by atoms with Crippen LogP contribution < -0.4 is 16.2 Å². The van der Waals surface area contributed by atoms with E-state index in [4.69, 9.17) is 0 Å². The second kappa shape index (κ2) is 7.03. The molecule has 8 heteroatoms. The maximum Gasteiger partial charge on any atom is 0.333 e. The van der Waals surface area contributed by atoms with Crippen molar-refractivity contribution in [2.75, 3.05) is 0 Å². The molecule has 1 aliphatic rings. The molecule has 4 N–H and O–H groups in total. The summed E-state index contributed by atoms with van der Waals surface area (Å²) in [5.74, 6) is -0.960. The first kappa shape index (κ1) is 15.9. The first-order valence-electron chi connectivity index (χ1n) is 7.84. The number of hydrogen-bond acceptors (Lipinski definition) is 4. The van der Waals surface area contributed by atoms with E-state index >= 15 is 0 Å². The van der Waals surface area contributed by atoms with Crippen LogP contribution in [0.3, 0.4) is 0 Å². The quantitative estimate of drug-likeness (QED) is 0.639. The first-order valence-corrected chi connectivity index (χ1v) is 7.84. The van der Waals surface area contributed by atoms with Crippen molar-refractivity contribution in [2.24, 2.45) is 0 Å². The minimum atomic E-state index is -0.691. The molecule has 8 nitrogen and oxygen atoms in total. The van der Waals surface area contributed by atoms with E-state index in [0.717, 1.165) is 25.7 Å². The van der Waals surface area contributed by atoms with Crippen molar-refractivity contribution >= 4 is 11.9 Å². The summed E-state index contributed by atoms with van der Waals surface area (Å²) in [6.07, 6.45) is 5.43. The molecule has 3 rings (SSSR count). The van der Waals surface area contributed by atoms with Gasteiger partial charge in [0.25, 0.3) is 5.91 Å². The van der Waals surface area contributed by atoms with Gasteiger partial charge in [-0.25, -0.2) is 14.9 Å². The van der Waals surface area contributed by atoms with E-state index < -0.39 is 11.9 Å². The lowest BCUT2D eigenvalue weighted by atomic mass is 10.3. The second-order valence-corrected chi connectivity index (χ2v) is 5.68. The van der Waals surface area contributed by atoms with E-state index in [1.165, 1.54) is 10.9 Å². The van der Waals surface area contributed by atoms with Crippen molar-refractivity contribution in [2.45, 2.75) is 31.7 Å². The molecule has 1 aromatic carbocycles. The van der Waals surface area contributed by atoms with Crippen molar-refractivity contribution in [3.05, 3.63) is 42.2 Å². The predicted octanol–water partition coefficient (Wildman–Crippen LogP) is 1.46. The van der Waals surface area contributed by atoms with Crippen LogP contribution in [0.25, 0.3) is 5.69 Å². The third-order valence-corrected chi connectivity index (χ3v) is 3.91. The zero-order chi connectivity index (χ0) is 16.9. The summed E-state index contributed by atoms with van der Waals surface area (Å²) in [6, 6.07) is 8.76. The van der Waals surface area contributed by atoms with Gasteiger partial charge < -0.3 is 10.4 Å². The van der Waals surface area contributed by atoms with Gasteiger partial charge in [0.15, 0.2) is 11.4 Å². The van der Waals surface area contributed by atoms with Crippen LogP contribution in [0, 0.1) is 0 Å². The Bertz CT molecular complexity index is 723. The number of carbonyl (C=O) groups excluding carboxylic acids is 2. The van der Waals surface area contributed by atoms with Gasteiger partial charge in [-0.15, -0.1) is 0 Å². The zero-order valence-corrected chi connectivity index (χ0v) is 13.0. The topological polar surface area (TPSA) is 108 Å². The summed E-state index contributed by atoms with van der Waals surface area (Å²) in [7, 11) is 0. The van der Waals surface area contributed by atoms with Crippen molar-refractivity contribution in [1.29, 1.82) is 0 Å². The van der Waals surface area contributed by atoms with E-state index in [9.17, 15) is 14.7 Å². The first-order chi connectivity index (χ1) is 11.6. The van der Waals surface area contributed by atoms with Crippen molar-refractivity contribution in [1.82, 2.24) is 25.9 Å². The van der Waals surface area contributed by atoms with Gasteiger partial charge in [-0.05, 0) is 25.0 Å². The number of para-hydroxylation sites is 1. The zero-order valence-electron chi connectivity index (χ0n) is 13.0. The van der Waals surface area contributed by atoms with Crippen LogP contribution in [-0.2, 0) is 0 Å². The standard InChI is InChI=1S/C16H19N5O3/c22-13-10-21(12-8-2-1-3-9-12)20-14(13)15(23)18-19-16(24)17-11-6-4-5-7-11/h1-3,8-11,22H,4-7H2,(H,18,23)(H2,17,19,24). The van der Waals surface area contributed by atoms with Gasteiger partial charge in [0.2, 0.25) is 0 Å². The van der Waals surface area contributed by atoms with E-state index in [-0.39, 0.29) is 17.5 Å². The number of aromatic hydroxyl groups is 1. The summed E-state index contributed by atoms with van der Waals surface area (Å²) in [6.45, 7) is 0. The number of aromatic nitrogens is 2. The predicted molar refractivity (Wildman–Crippen MR) is 86.6 cm³/mol. The van der Waals surface area contributed by atoms with Crippen LogP contribution in [0.4, 0.5) is 4.79 Å². The Labute approximate surface area is 138 Å². The van der Waals surface area contributed by atoms with Crippen LogP contribution in [0.2, 0.25) is 0 Å². The highest BCUT2D eigenvalue weighted by Crippen LogP contribution is 2.18. The summed E-state index contributed by atoms with van der Waals surface area (Å²) >= 11 is 0. The average Bonchev–Trinajstić information content (AvgIpc) is 3.23. The molecule has 0 radical (unpaired) electrons. The molecule has 0 unspecified atom stereocenters. The molecule has 0 aliphatic heterocycles. The summed E-state index contributed by atoms with van der Waals surface area (Å²) in [5.41, 5.74) is 5.06. The van der Waals surface area contributed by atoms with Crippen LogP contribution in [0.5, 0.6) is 5.75 Å². The van der Waals surface area contributed by atoms with E-state index in [1.807, 2.05) is 18.2 Å². The number of carbonyl (C=O) groups is 2. The molecule has 1 aliphatic carbocycles. The highest BCUT2D eigenvalue weighted by atomic mass is 16.3. The molecule has 1 aromatic heterocycles. The highest BCUT2D eigenvalue weighted by Gasteiger charge is 2.20. The fraction of sp³-hybridized carbons (Fsp3) is 0.312. The van der Waals surface area contributed by atoms with Gasteiger partial charge in [-0.2, -0.15) is 5.10 Å². The molecule has 0 saturated heterocycles. The maximum atomic E-state index is 12.1. The summed E-state index contributed by atoms with van der Waals surface area (Å²) in [5, 5.41) is 16.7. The Kier molecular flexibility index (Phi) is 4.64. The minimum Gasteiger partial charge on any atom is -0.504 e. The van der Waals surface area contributed by atoms with Gasteiger partial charge in [0.1, 0.15) is 0 Å². The Balaban J connectivity index is 1.59. The lowest BCUT2D eigenvalue weighted by Crippen LogP contribution is -2.49. The number of hydrazine groups is 1. The Morgan fingerprint density at radius 1 is 1.12 bits per heavy atom. The smallest absolute Gasteiger partial charge is 0.333 e. The molecule has 1 heterocycles. The van der Waals surface area contributed by atoms with Gasteiger partial charge in [0.05, 0.1) is 11.9 Å². The van der Waals surface area contributed by atoms with Gasteiger partial charge in [0, 0.05) is 6.04 Å². The number of urea groups is 1. The molecule has 2 aromatic rings. The lowest BCUT2D eigenvalue weighted by molar-refractivity contribution is 0.0927. The molecule has 126 valence electrons. The maximum absolute atomic E-state index is 12.1. The molecule has 0 bridgehead atoms. The van der Waals surface area contributed by atoms with E-state index in [2.05, 4.69) is 21.3 Å². The fourth-order valence-electron chi connectivity index (χ4n) is 2.70. The van der Waals surface area contributed by atoms with Crippen molar-refractivity contribution in [3.8, 4) is 11.4 Å². The molecular formula is C16H19N5O3. The van der Waals surface area contributed by atoms with E-state index in [0.29, 0.717) is 5.69 Å². The normalized spacial score (nSPS) is 14.3. The number of nitrogens with zero attached hydrogens (tertiary/aromatic N) is 2. The number of hydrogen-bond donors (Lipinski definition) is 4. The van der Waals surface area contributed by atoms with Gasteiger partial charge in [-0.1, -0.05) is 31.0 Å².